The summed E-state index contributed by atoms with van der Waals surface area (Å²) >= 11 is 0. The molecule has 0 rings (SSSR count). The van der Waals surface area contributed by atoms with Crippen LogP contribution in [0.5, 0.6) is 0 Å². The first-order valence-electron chi connectivity index (χ1n) is 2.58. The highest BCUT2D eigenvalue weighted by atomic mass is 31.2. The molecule has 11 heavy (non-hydrogen) atoms. The third-order valence-corrected chi connectivity index (χ3v) is 3.82. The molecule has 2 unspecified atom stereocenters. The maximum atomic E-state index is 10.9. The van der Waals surface area contributed by atoms with Gasteiger partial charge in [-0.25, -0.2) is 4.31 Å². The van der Waals surface area contributed by atoms with E-state index in [4.69, 9.17) is 11.0 Å². The molecule has 0 aromatic heterocycles. The molecule has 0 aromatic carbocycles. The third-order valence-electron chi connectivity index (χ3n) is 0.764. The Morgan fingerprint density at radius 3 is 1.55 bits per heavy atom. The molecule has 0 spiro atoms. The molecule has 0 fully saturated rings. The van der Waals surface area contributed by atoms with Crippen molar-refractivity contribution in [2.24, 2.45) is 11.0 Å². The van der Waals surface area contributed by atoms with Crippen LogP contribution in [0, 0.1) is 0 Å². The lowest BCUT2D eigenvalue weighted by atomic mass is 11.3. The van der Waals surface area contributed by atoms with Gasteiger partial charge < -0.3 is 0 Å². The average molecular weight is 196 g/mol. The monoisotopic (exact) mass is 196 g/mol. The Balaban J connectivity index is 4.51. The lowest BCUT2D eigenvalue weighted by molar-refractivity contribution is 0.471. The molecule has 64 valence electrons. The summed E-state index contributed by atoms with van der Waals surface area (Å²) in [5.74, 6) is 1.74. The van der Waals surface area contributed by atoms with Crippen LogP contribution in [-0.2, 0) is 13.4 Å². The zero-order valence-electron chi connectivity index (χ0n) is 5.84. The Morgan fingerprint density at radius 1 is 1.09 bits per heavy atom. The van der Waals surface area contributed by atoms with Crippen LogP contribution in [0.2, 0.25) is 0 Å². The van der Waals surface area contributed by atoms with Gasteiger partial charge in [0.25, 0.3) is 15.0 Å². The first kappa shape index (κ1) is 10.8. The number of hydrogen-bond donors (Lipinski definition) is 2. The summed E-state index contributed by atoms with van der Waals surface area (Å²) in [5.41, 5.74) is 9.99. The second kappa shape index (κ2) is 3.48. The van der Waals surface area contributed by atoms with Crippen molar-refractivity contribution in [3.8, 4) is 0 Å². The number of hydrogen-bond acceptors (Lipinski definition) is 3. The largest absolute Gasteiger partial charge is 0.296 e. The van der Waals surface area contributed by atoms with Crippen molar-refractivity contribution in [2.45, 2.75) is 0 Å². The maximum absolute atomic E-state index is 10.9. The molecule has 0 amide bonds. The van der Waals surface area contributed by atoms with Crippen LogP contribution in [-0.4, -0.2) is 0 Å². The standard InChI is InChI=1S/C4H10N2O3P2/c1-3-10(5,7)9-11(6,8)4-2/h3-4H,1-2H2,(H2,5,7)(H2,6,8). The van der Waals surface area contributed by atoms with E-state index >= 15 is 0 Å². The molecule has 7 heteroatoms. The van der Waals surface area contributed by atoms with Gasteiger partial charge in [0.05, 0.1) is 0 Å². The first-order chi connectivity index (χ1) is 4.83. The Kier molecular flexibility index (Phi) is 3.42. The summed E-state index contributed by atoms with van der Waals surface area (Å²) in [6, 6.07) is 0. The zero-order valence-corrected chi connectivity index (χ0v) is 7.63. The van der Waals surface area contributed by atoms with Crippen LogP contribution in [0.1, 0.15) is 0 Å². The van der Waals surface area contributed by atoms with Crippen molar-refractivity contribution < 1.29 is 13.4 Å². The smallest absolute Gasteiger partial charge is 0.270 e. The minimum Gasteiger partial charge on any atom is -0.270 e. The van der Waals surface area contributed by atoms with Gasteiger partial charge in [-0.05, 0) is 0 Å². The lowest BCUT2D eigenvalue weighted by Crippen LogP contribution is -1.99. The fourth-order valence-electron chi connectivity index (χ4n) is 0.266. The van der Waals surface area contributed by atoms with Gasteiger partial charge in [-0.2, -0.15) is 0 Å². The van der Waals surface area contributed by atoms with E-state index in [0.717, 1.165) is 11.6 Å². The molecule has 0 saturated heterocycles. The molecule has 0 aliphatic rings. The molecule has 2 atom stereocenters. The number of nitrogens with two attached hydrogens (primary N) is 2. The Hall–Kier alpha value is -0.180. The SMILES string of the molecule is C=CP(N)(=O)OP(N)(=O)C=C. The van der Waals surface area contributed by atoms with E-state index in [0.29, 0.717) is 0 Å². The quantitative estimate of drug-likeness (QED) is 0.665. The van der Waals surface area contributed by atoms with E-state index < -0.39 is 15.0 Å². The van der Waals surface area contributed by atoms with Crippen molar-refractivity contribution in [1.29, 1.82) is 0 Å². The molecule has 0 heterocycles. The van der Waals surface area contributed by atoms with Crippen LogP contribution in [0.25, 0.3) is 0 Å². The Morgan fingerprint density at radius 2 is 1.36 bits per heavy atom. The van der Waals surface area contributed by atoms with Gasteiger partial charge in [0.1, 0.15) is 0 Å². The predicted molar refractivity (Wildman–Crippen MR) is 45.1 cm³/mol. The molecule has 0 aliphatic heterocycles. The molecular weight excluding hydrogens is 186 g/mol. The van der Waals surface area contributed by atoms with Gasteiger partial charge in [0.15, 0.2) is 0 Å². The van der Waals surface area contributed by atoms with Gasteiger partial charge in [-0.15, -0.1) is 0 Å². The summed E-state index contributed by atoms with van der Waals surface area (Å²) in [6.45, 7) is 6.25. The van der Waals surface area contributed by atoms with Crippen molar-refractivity contribution in [3.63, 3.8) is 0 Å². The summed E-state index contributed by atoms with van der Waals surface area (Å²) in [6.07, 6.45) is 0. The second-order valence-corrected chi connectivity index (χ2v) is 5.70. The maximum Gasteiger partial charge on any atom is 0.296 e. The highest BCUT2D eigenvalue weighted by molar-refractivity contribution is 7.72. The van der Waals surface area contributed by atoms with Gasteiger partial charge >= 0.3 is 0 Å². The topological polar surface area (TPSA) is 95.4 Å². The Bertz CT molecular complexity index is 236. The van der Waals surface area contributed by atoms with Crippen molar-refractivity contribution in [3.05, 3.63) is 24.8 Å². The van der Waals surface area contributed by atoms with Crippen molar-refractivity contribution in [1.82, 2.24) is 0 Å². The predicted octanol–water partition coefficient (Wildman–Crippen LogP) is 1.59. The van der Waals surface area contributed by atoms with E-state index in [-0.39, 0.29) is 0 Å². The van der Waals surface area contributed by atoms with E-state index in [1.165, 1.54) is 0 Å². The summed E-state index contributed by atoms with van der Waals surface area (Å²) in [7, 11) is -7.01. The van der Waals surface area contributed by atoms with Gasteiger partial charge in [0.2, 0.25) is 0 Å². The summed E-state index contributed by atoms with van der Waals surface area (Å²) in [4.78, 5) is 0. The minimum absolute atomic E-state index is 0.871. The first-order valence-corrected chi connectivity index (χ1v) is 6.11. The van der Waals surface area contributed by atoms with Gasteiger partial charge in [-0.1, -0.05) is 13.2 Å². The molecule has 5 nitrogen and oxygen atoms in total. The van der Waals surface area contributed by atoms with Crippen molar-refractivity contribution >= 4 is 15.0 Å². The minimum atomic E-state index is -3.51. The van der Waals surface area contributed by atoms with E-state index in [1.54, 1.807) is 0 Å². The van der Waals surface area contributed by atoms with Gasteiger partial charge in [-0.3, -0.25) is 20.1 Å². The normalized spacial score (nSPS) is 21.3. The summed E-state index contributed by atoms with van der Waals surface area (Å²) in [5, 5.41) is 0. The lowest BCUT2D eigenvalue weighted by Gasteiger charge is -2.11. The summed E-state index contributed by atoms with van der Waals surface area (Å²) < 4.78 is 26.1. The molecule has 0 aliphatic carbocycles. The molecule has 0 bridgehead atoms. The van der Waals surface area contributed by atoms with Crippen LogP contribution in [0.15, 0.2) is 24.8 Å². The van der Waals surface area contributed by atoms with Crippen molar-refractivity contribution in [2.75, 3.05) is 0 Å². The second-order valence-electron chi connectivity index (χ2n) is 1.74. The molecular formula is C4H10N2O3P2. The number of rotatable bonds is 4. The van der Waals surface area contributed by atoms with E-state index in [2.05, 4.69) is 17.5 Å². The fourth-order valence-corrected chi connectivity index (χ4v) is 2.40. The van der Waals surface area contributed by atoms with E-state index in [1.807, 2.05) is 0 Å². The van der Waals surface area contributed by atoms with Crippen LogP contribution in [0.3, 0.4) is 0 Å². The molecule has 0 aromatic rings. The van der Waals surface area contributed by atoms with Crippen LogP contribution in [0.4, 0.5) is 0 Å². The van der Waals surface area contributed by atoms with Gasteiger partial charge in [0, 0.05) is 11.6 Å². The average Bonchev–Trinajstić information content (AvgIpc) is 1.86. The highest BCUT2D eigenvalue weighted by Gasteiger charge is 2.22. The van der Waals surface area contributed by atoms with E-state index in [9.17, 15) is 9.13 Å². The Labute approximate surface area is 65.1 Å². The van der Waals surface area contributed by atoms with Crippen LogP contribution < -0.4 is 11.0 Å². The molecule has 0 saturated carbocycles. The third kappa shape index (κ3) is 4.30. The molecule has 4 N–H and O–H groups in total. The van der Waals surface area contributed by atoms with Crippen LogP contribution >= 0.6 is 15.0 Å². The zero-order chi connectivity index (χ0) is 9.12. The molecule has 0 radical (unpaired) electrons. The fraction of sp³-hybridized carbons (Fsp3) is 0. The highest BCUT2D eigenvalue weighted by Crippen LogP contribution is 2.55.